The van der Waals surface area contributed by atoms with Gasteiger partial charge in [-0.1, -0.05) is 43.1 Å². The summed E-state index contributed by atoms with van der Waals surface area (Å²) in [6, 6.07) is 0. The predicted octanol–water partition coefficient (Wildman–Crippen LogP) is 3.91. The van der Waals surface area contributed by atoms with Crippen LogP contribution in [0.25, 0.3) is 0 Å². The molecule has 0 aromatic carbocycles. The fraction of sp³-hybridized carbons (Fsp3) is 0.800. The maximum absolute atomic E-state index is 5.50. The molecule has 2 rings (SSSR count). The molecule has 0 amide bonds. The van der Waals surface area contributed by atoms with Crippen LogP contribution in [-0.2, 0) is 12.5 Å². The fourth-order valence-corrected chi connectivity index (χ4v) is 5.16. The second kappa shape index (κ2) is 5.47. The van der Waals surface area contributed by atoms with E-state index < -0.39 is 0 Å². The molecular weight excluding hydrogens is 304 g/mol. The fourth-order valence-electron chi connectivity index (χ4n) is 3.60. The van der Waals surface area contributed by atoms with Crippen molar-refractivity contribution in [1.29, 1.82) is 0 Å². The number of hydrogen-bond donors (Lipinski definition) is 0. The standard InChI is InChI=1S/C15H25BrN2O/c1-10-6-7-11(12(16)8-10)15(2,3)14-13(19-5)9-17-18(14)4/h9-12H,6-8H2,1-5H3. The smallest absolute Gasteiger partial charge is 0.160 e. The number of ether oxygens (including phenoxy) is 1. The Morgan fingerprint density at radius 3 is 2.68 bits per heavy atom. The second-order valence-corrected chi connectivity index (χ2v) is 7.62. The molecule has 19 heavy (non-hydrogen) atoms. The number of nitrogens with zero attached hydrogens (tertiary/aromatic N) is 2. The summed E-state index contributed by atoms with van der Waals surface area (Å²) in [4.78, 5) is 0.575. The van der Waals surface area contributed by atoms with Crippen LogP contribution in [0, 0.1) is 11.8 Å². The Balaban J connectivity index is 2.33. The van der Waals surface area contributed by atoms with E-state index in [1.807, 2.05) is 17.9 Å². The maximum atomic E-state index is 5.50. The van der Waals surface area contributed by atoms with Crippen molar-refractivity contribution < 1.29 is 4.74 Å². The quantitative estimate of drug-likeness (QED) is 0.786. The summed E-state index contributed by atoms with van der Waals surface area (Å²) in [5.74, 6) is 2.35. The number of hydrogen-bond acceptors (Lipinski definition) is 2. The van der Waals surface area contributed by atoms with Gasteiger partial charge in [-0.15, -0.1) is 0 Å². The number of aryl methyl sites for hydroxylation is 1. The van der Waals surface area contributed by atoms with Crippen LogP contribution in [0.15, 0.2) is 6.20 Å². The van der Waals surface area contributed by atoms with E-state index in [4.69, 9.17) is 4.74 Å². The average Bonchev–Trinajstić information content (AvgIpc) is 2.70. The number of alkyl halides is 1. The van der Waals surface area contributed by atoms with E-state index in [-0.39, 0.29) is 5.41 Å². The van der Waals surface area contributed by atoms with Gasteiger partial charge in [0, 0.05) is 17.3 Å². The maximum Gasteiger partial charge on any atom is 0.160 e. The monoisotopic (exact) mass is 328 g/mol. The molecule has 4 heteroatoms. The van der Waals surface area contributed by atoms with Gasteiger partial charge in [0.25, 0.3) is 0 Å². The molecule has 0 spiro atoms. The highest BCUT2D eigenvalue weighted by atomic mass is 79.9. The summed E-state index contributed by atoms with van der Waals surface area (Å²) in [7, 11) is 3.74. The van der Waals surface area contributed by atoms with Crippen molar-refractivity contribution >= 4 is 15.9 Å². The first-order valence-corrected chi connectivity index (χ1v) is 8.00. The third-order valence-electron chi connectivity index (χ3n) is 4.70. The highest BCUT2D eigenvalue weighted by Crippen LogP contribution is 2.47. The lowest BCUT2D eigenvalue weighted by atomic mass is 9.67. The van der Waals surface area contributed by atoms with Crippen LogP contribution >= 0.6 is 15.9 Å². The van der Waals surface area contributed by atoms with Crippen LogP contribution in [0.3, 0.4) is 0 Å². The number of rotatable bonds is 3. The summed E-state index contributed by atoms with van der Waals surface area (Å²) < 4.78 is 7.47. The topological polar surface area (TPSA) is 27.1 Å². The Kier molecular flexibility index (Phi) is 4.29. The zero-order valence-corrected chi connectivity index (χ0v) is 14.2. The lowest BCUT2D eigenvalue weighted by Crippen LogP contribution is -2.40. The Hall–Kier alpha value is -0.510. The highest BCUT2D eigenvalue weighted by Gasteiger charge is 2.42. The molecule has 1 saturated carbocycles. The molecule has 3 unspecified atom stereocenters. The summed E-state index contributed by atoms with van der Waals surface area (Å²) in [5, 5.41) is 4.36. The molecule has 108 valence electrons. The van der Waals surface area contributed by atoms with E-state index in [2.05, 4.69) is 41.8 Å². The van der Waals surface area contributed by atoms with Crippen molar-refractivity contribution in [3.05, 3.63) is 11.9 Å². The summed E-state index contributed by atoms with van der Waals surface area (Å²) in [5.41, 5.74) is 1.27. The number of halogens is 1. The van der Waals surface area contributed by atoms with Gasteiger partial charge in [-0.3, -0.25) is 4.68 Å². The zero-order chi connectivity index (χ0) is 14.2. The average molecular weight is 329 g/mol. The van der Waals surface area contributed by atoms with Crippen LogP contribution < -0.4 is 4.74 Å². The Morgan fingerprint density at radius 2 is 2.11 bits per heavy atom. The molecular formula is C15H25BrN2O. The minimum absolute atomic E-state index is 0.0604. The summed E-state index contributed by atoms with van der Waals surface area (Å²) in [6.07, 6.45) is 5.66. The van der Waals surface area contributed by atoms with Crippen LogP contribution in [0.2, 0.25) is 0 Å². The van der Waals surface area contributed by atoms with Gasteiger partial charge in [-0.05, 0) is 24.7 Å². The Morgan fingerprint density at radius 1 is 1.42 bits per heavy atom. The van der Waals surface area contributed by atoms with Crippen molar-refractivity contribution in [3.8, 4) is 5.75 Å². The van der Waals surface area contributed by atoms with Gasteiger partial charge >= 0.3 is 0 Å². The lowest BCUT2D eigenvalue weighted by Gasteiger charge is -2.42. The molecule has 0 N–H and O–H groups in total. The minimum atomic E-state index is 0.0604. The van der Waals surface area contributed by atoms with Crippen molar-refractivity contribution in [2.75, 3.05) is 7.11 Å². The first kappa shape index (κ1) is 14.9. The molecule has 0 aliphatic heterocycles. The molecule has 1 aliphatic carbocycles. The summed E-state index contributed by atoms with van der Waals surface area (Å²) >= 11 is 3.92. The van der Waals surface area contributed by atoms with Crippen LogP contribution in [0.1, 0.15) is 45.7 Å². The molecule has 1 aliphatic rings. The Bertz CT molecular complexity index is 441. The number of aromatic nitrogens is 2. The van der Waals surface area contributed by atoms with Gasteiger partial charge in [0.15, 0.2) is 5.75 Å². The van der Waals surface area contributed by atoms with Crippen molar-refractivity contribution in [2.45, 2.75) is 50.3 Å². The van der Waals surface area contributed by atoms with E-state index in [0.717, 1.165) is 11.7 Å². The Labute approximate surface area is 124 Å². The van der Waals surface area contributed by atoms with Crippen molar-refractivity contribution in [1.82, 2.24) is 9.78 Å². The molecule has 1 aromatic heterocycles. The largest absolute Gasteiger partial charge is 0.493 e. The van der Waals surface area contributed by atoms with Crippen LogP contribution in [0.4, 0.5) is 0 Å². The molecule has 1 heterocycles. The van der Waals surface area contributed by atoms with Crippen LogP contribution in [-0.4, -0.2) is 21.7 Å². The molecule has 1 fully saturated rings. The van der Waals surface area contributed by atoms with Gasteiger partial charge in [0.05, 0.1) is 19.0 Å². The molecule has 3 atom stereocenters. The van der Waals surface area contributed by atoms with Gasteiger partial charge < -0.3 is 4.74 Å². The van der Waals surface area contributed by atoms with E-state index in [0.29, 0.717) is 10.7 Å². The predicted molar refractivity (Wildman–Crippen MR) is 82.0 cm³/mol. The van der Waals surface area contributed by atoms with Gasteiger partial charge in [-0.25, -0.2) is 0 Å². The SMILES string of the molecule is COc1cnn(C)c1C(C)(C)C1CCC(C)CC1Br. The third-order valence-corrected chi connectivity index (χ3v) is 5.71. The zero-order valence-electron chi connectivity index (χ0n) is 12.6. The van der Waals surface area contributed by atoms with Crippen molar-refractivity contribution in [2.24, 2.45) is 18.9 Å². The van der Waals surface area contributed by atoms with E-state index >= 15 is 0 Å². The van der Waals surface area contributed by atoms with E-state index in [9.17, 15) is 0 Å². The number of methoxy groups -OCH3 is 1. The summed E-state index contributed by atoms with van der Waals surface area (Å²) in [6.45, 7) is 6.99. The second-order valence-electron chi connectivity index (χ2n) is 6.45. The first-order valence-electron chi connectivity index (χ1n) is 7.08. The van der Waals surface area contributed by atoms with Crippen molar-refractivity contribution in [3.63, 3.8) is 0 Å². The van der Waals surface area contributed by atoms with Crippen LogP contribution in [0.5, 0.6) is 5.75 Å². The van der Waals surface area contributed by atoms with E-state index in [1.165, 1.54) is 25.0 Å². The van der Waals surface area contributed by atoms with Gasteiger partial charge in [-0.2, -0.15) is 5.10 Å². The molecule has 0 saturated heterocycles. The minimum Gasteiger partial charge on any atom is -0.493 e. The van der Waals surface area contributed by atoms with E-state index in [1.54, 1.807) is 7.11 Å². The third kappa shape index (κ3) is 2.69. The van der Waals surface area contributed by atoms with Gasteiger partial charge in [0.2, 0.25) is 0 Å². The molecule has 1 aromatic rings. The normalized spacial score (nSPS) is 28.4. The molecule has 0 bridgehead atoms. The first-order chi connectivity index (χ1) is 8.87. The van der Waals surface area contributed by atoms with Gasteiger partial charge in [0.1, 0.15) is 0 Å². The lowest BCUT2D eigenvalue weighted by molar-refractivity contribution is 0.202. The highest BCUT2D eigenvalue weighted by molar-refractivity contribution is 9.09. The molecule has 0 radical (unpaired) electrons. The molecule has 3 nitrogen and oxygen atoms in total.